The maximum atomic E-state index is 12.4. The molecule has 1 aromatic heterocycles. The molecule has 0 fully saturated rings. The van der Waals surface area contributed by atoms with Crippen molar-refractivity contribution in [3.8, 4) is 5.75 Å². The minimum absolute atomic E-state index is 0.259. The molecule has 0 saturated heterocycles. The quantitative estimate of drug-likeness (QED) is 0.552. The van der Waals surface area contributed by atoms with Crippen LogP contribution >= 0.6 is 22.6 Å². The average Bonchev–Trinajstić information content (AvgIpc) is 2.08. The summed E-state index contributed by atoms with van der Waals surface area (Å²) in [5.41, 5.74) is -1.49. The molecule has 9 heteroatoms. The van der Waals surface area contributed by atoms with Gasteiger partial charge in [0, 0.05) is 5.56 Å². The maximum absolute atomic E-state index is 12.4. The summed E-state index contributed by atoms with van der Waals surface area (Å²) in [6.07, 6.45) is -9.26. The van der Waals surface area contributed by atoms with Gasteiger partial charge in [-0.3, -0.25) is 0 Å². The fourth-order valence-corrected chi connectivity index (χ4v) is 1.70. The van der Waals surface area contributed by atoms with Gasteiger partial charge in [0.2, 0.25) is 0 Å². The second-order valence-corrected chi connectivity index (χ2v) is 4.03. The highest BCUT2D eigenvalue weighted by Crippen LogP contribution is 2.36. The molecule has 96 valence electrons. The molecule has 0 aliphatic rings. The third kappa shape index (κ3) is 3.61. The van der Waals surface area contributed by atoms with E-state index in [1.165, 1.54) is 22.6 Å². The molecule has 2 nitrogen and oxygen atoms in total. The van der Waals surface area contributed by atoms with E-state index in [0.29, 0.717) is 6.20 Å². The van der Waals surface area contributed by atoms with E-state index in [-0.39, 0.29) is 5.56 Å². The van der Waals surface area contributed by atoms with Crippen LogP contribution in [0.5, 0.6) is 5.75 Å². The first-order chi connectivity index (χ1) is 7.52. The van der Waals surface area contributed by atoms with Crippen molar-refractivity contribution in [2.45, 2.75) is 19.5 Å². The van der Waals surface area contributed by atoms with Crippen LogP contribution in [0.25, 0.3) is 0 Å². The Kier molecular flexibility index (Phi) is 3.79. The zero-order valence-electron chi connectivity index (χ0n) is 8.08. The van der Waals surface area contributed by atoms with Crippen molar-refractivity contribution in [2.75, 3.05) is 0 Å². The van der Waals surface area contributed by atoms with E-state index >= 15 is 0 Å². The molecule has 0 radical (unpaired) electrons. The molecule has 0 saturated carbocycles. The minimum atomic E-state index is -4.96. The Morgan fingerprint density at radius 3 is 2.12 bits per heavy atom. The van der Waals surface area contributed by atoms with Crippen molar-refractivity contribution in [2.24, 2.45) is 0 Å². The van der Waals surface area contributed by atoms with Crippen LogP contribution in [0.2, 0.25) is 0 Å². The molecule has 0 aromatic carbocycles. The van der Waals surface area contributed by atoms with E-state index < -0.39 is 27.6 Å². The highest BCUT2D eigenvalue weighted by molar-refractivity contribution is 14.1. The first kappa shape index (κ1) is 14.3. The van der Waals surface area contributed by atoms with Crippen LogP contribution in [-0.2, 0) is 6.18 Å². The normalized spacial score (nSPS) is 12.7. The van der Waals surface area contributed by atoms with E-state index in [2.05, 4.69) is 9.72 Å². The number of pyridine rings is 1. The van der Waals surface area contributed by atoms with Gasteiger partial charge in [0.25, 0.3) is 0 Å². The van der Waals surface area contributed by atoms with Gasteiger partial charge in [0.15, 0.2) is 11.4 Å². The average molecular weight is 371 g/mol. The van der Waals surface area contributed by atoms with Crippen LogP contribution in [-0.4, -0.2) is 11.3 Å². The SMILES string of the molecule is Cc1c(OC(F)(F)F)cnc(C(F)(F)F)c1I. The van der Waals surface area contributed by atoms with Crippen molar-refractivity contribution >= 4 is 22.6 Å². The molecule has 1 rings (SSSR count). The molecule has 0 aliphatic carbocycles. The summed E-state index contributed by atoms with van der Waals surface area (Å²) in [6, 6.07) is 0. The van der Waals surface area contributed by atoms with Crippen molar-refractivity contribution < 1.29 is 31.1 Å². The third-order valence-corrected chi connectivity index (χ3v) is 3.03. The molecule has 0 N–H and O–H groups in total. The zero-order valence-corrected chi connectivity index (χ0v) is 10.2. The molecule has 17 heavy (non-hydrogen) atoms. The largest absolute Gasteiger partial charge is 0.573 e. The number of hydrogen-bond acceptors (Lipinski definition) is 2. The van der Waals surface area contributed by atoms with E-state index in [1.54, 1.807) is 0 Å². The number of aromatic nitrogens is 1. The van der Waals surface area contributed by atoms with Crippen LogP contribution in [0.15, 0.2) is 6.20 Å². The monoisotopic (exact) mass is 371 g/mol. The zero-order chi connectivity index (χ0) is 13.4. The van der Waals surface area contributed by atoms with Gasteiger partial charge in [-0.15, -0.1) is 13.2 Å². The summed E-state index contributed by atoms with van der Waals surface area (Å²) in [6.45, 7) is 1.10. The highest BCUT2D eigenvalue weighted by Gasteiger charge is 2.38. The molecule has 1 heterocycles. The summed E-state index contributed by atoms with van der Waals surface area (Å²) in [7, 11) is 0. The second kappa shape index (κ2) is 4.50. The van der Waals surface area contributed by atoms with Crippen LogP contribution in [0.4, 0.5) is 26.3 Å². The number of nitrogens with zero attached hydrogens (tertiary/aromatic N) is 1. The predicted molar refractivity (Wildman–Crippen MR) is 53.4 cm³/mol. The third-order valence-electron chi connectivity index (χ3n) is 1.71. The van der Waals surface area contributed by atoms with Gasteiger partial charge >= 0.3 is 12.5 Å². The van der Waals surface area contributed by atoms with Crippen LogP contribution in [0.3, 0.4) is 0 Å². The molecular formula is C8H4F6INO. The van der Waals surface area contributed by atoms with E-state index in [9.17, 15) is 26.3 Å². The Bertz CT molecular complexity index is 427. The van der Waals surface area contributed by atoms with Crippen molar-refractivity contribution in [3.05, 3.63) is 21.0 Å². The van der Waals surface area contributed by atoms with Gasteiger partial charge in [-0.25, -0.2) is 4.98 Å². The topological polar surface area (TPSA) is 22.1 Å². The molecular weight excluding hydrogens is 367 g/mol. The summed E-state index contributed by atoms with van der Waals surface area (Å²) >= 11 is 1.28. The van der Waals surface area contributed by atoms with Gasteiger partial charge < -0.3 is 4.74 Å². The lowest BCUT2D eigenvalue weighted by atomic mass is 10.2. The van der Waals surface area contributed by atoms with Crippen molar-refractivity contribution in [3.63, 3.8) is 0 Å². The smallest absolute Gasteiger partial charge is 0.404 e. The first-order valence-corrected chi connectivity index (χ1v) is 5.08. The van der Waals surface area contributed by atoms with Crippen LogP contribution in [0, 0.1) is 10.5 Å². The van der Waals surface area contributed by atoms with E-state index in [1.807, 2.05) is 0 Å². The standard InChI is InChI=1S/C8H4F6INO/c1-3-4(17-8(12,13)14)2-16-6(5(3)15)7(9,10)11/h2H,1H3. The number of hydrogen-bond donors (Lipinski definition) is 0. The Morgan fingerprint density at radius 1 is 1.18 bits per heavy atom. The molecule has 1 aromatic rings. The maximum Gasteiger partial charge on any atom is 0.573 e. The summed E-state index contributed by atoms with van der Waals surface area (Å²) in [5, 5.41) is 0. The second-order valence-electron chi connectivity index (χ2n) is 2.96. The Morgan fingerprint density at radius 2 is 1.71 bits per heavy atom. The minimum Gasteiger partial charge on any atom is -0.404 e. The van der Waals surface area contributed by atoms with Gasteiger partial charge in [-0.2, -0.15) is 13.2 Å². The fraction of sp³-hybridized carbons (Fsp3) is 0.375. The van der Waals surface area contributed by atoms with Gasteiger partial charge in [0.1, 0.15) is 0 Å². The van der Waals surface area contributed by atoms with Crippen molar-refractivity contribution in [1.82, 2.24) is 4.98 Å². The van der Waals surface area contributed by atoms with Crippen LogP contribution in [0.1, 0.15) is 11.3 Å². The van der Waals surface area contributed by atoms with Gasteiger partial charge in [0.05, 0.1) is 9.77 Å². The number of rotatable bonds is 1. The molecule has 0 amide bonds. The molecule has 0 spiro atoms. The lowest BCUT2D eigenvalue weighted by Crippen LogP contribution is -2.19. The predicted octanol–water partition coefficient (Wildman–Crippen LogP) is 3.91. The highest BCUT2D eigenvalue weighted by atomic mass is 127. The summed E-state index contributed by atoms with van der Waals surface area (Å²) < 4.78 is 76.0. The fourth-order valence-electron chi connectivity index (χ4n) is 0.988. The Labute approximate surface area is 105 Å². The van der Waals surface area contributed by atoms with E-state index in [4.69, 9.17) is 0 Å². The summed E-state index contributed by atoms with van der Waals surface area (Å²) in [5.74, 6) is -0.741. The Balaban J connectivity index is 3.21. The molecule has 0 aliphatic heterocycles. The number of alkyl halides is 6. The van der Waals surface area contributed by atoms with Crippen molar-refractivity contribution in [1.29, 1.82) is 0 Å². The Hall–Kier alpha value is -0.740. The molecule has 0 unspecified atom stereocenters. The van der Waals surface area contributed by atoms with Gasteiger partial charge in [-0.1, -0.05) is 0 Å². The lowest BCUT2D eigenvalue weighted by molar-refractivity contribution is -0.275. The number of halogens is 7. The summed E-state index contributed by atoms with van der Waals surface area (Å²) in [4.78, 5) is 2.94. The first-order valence-electron chi connectivity index (χ1n) is 4.00. The number of ether oxygens (including phenoxy) is 1. The molecule has 0 bridgehead atoms. The van der Waals surface area contributed by atoms with Gasteiger partial charge in [-0.05, 0) is 29.5 Å². The van der Waals surface area contributed by atoms with E-state index in [0.717, 1.165) is 6.92 Å². The molecule has 0 atom stereocenters. The lowest BCUT2D eigenvalue weighted by Gasteiger charge is -2.15. The van der Waals surface area contributed by atoms with Crippen LogP contribution < -0.4 is 4.74 Å².